The molecule has 122 valence electrons. The van der Waals surface area contributed by atoms with Crippen LogP contribution in [0, 0.1) is 18.6 Å². The summed E-state index contributed by atoms with van der Waals surface area (Å²) in [5, 5.41) is 3.47. The normalized spacial score (nSPS) is 18.7. The topological polar surface area (TPSA) is 46.3 Å². The molecule has 1 aliphatic rings. The van der Waals surface area contributed by atoms with E-state index in [0.29, 0.717) is 42.2 Å². The molecule has 0 spiro atoms. The largest absolute Gasteiger partial charge is 0.361 e. The summed E-state index contributed by atoms with van der Waals surface area (Å²) in [6.45, 7) is 2.73. The third kappa shape index (κ3) is 3.39. The molecule has 7 heteroatoms. The summed E-state index contributed by atoms with van der Waals surface area (Å²) in [5.74, 6) is 0.165. The summed E-state index contributed by atoms with van der Waals surface area (Å²) < 4.78 is 32.3. The summed E-state index contributed by atoms with van der Waals surface area (Å²) in [7, 11) is 0. The van der Waals surface area contributed by atoms with Crippen LogP contribution in [0.1, 0.15) is 33.4 Å². The van der Waals surface area contributed by atoms with Gasteiger partial charge in [0.15, 0.2) is 0 Å². The number of nitrogens with zero attached hydrogens (tertiary/aromatic N) is 2. The average Bonchev–Trinajstić information content (AvgIpc) is 2.82. The van der Waals surface area contributed by atoms with Crippen LogP contribution in [0.25, 0.3) is 0 Å². The minimum atomic E-state index is -0.445. The van der Waals surface area contributed by atoms with Crippen LogP contribution in [0.2, 0.25) is 0 Å². The Hall–Kier alpha value is -1.89. The smallest absolute Gasteiger partial charge is 0.259 e. The number of carbonyl (C=O) groups is 1. The molecule has 1 aromatic heterocycles. The van der Waals surface area contributed by atoms with E-state index in [1.165, 1.54) is 12.3 Å². The zero-order valence-corrected chi connectivity index (χ0v) is 13.4. The van der Waals surface area contributed by atoms with Crippen LogP contribution in [0.15, 0.2) is 28.9 Å². The van der Waals surface area contributed by atoms with E-state index in [1.807, 2.05) is 0 Å². The van der Waals surface area contributed by atoms with Gasteiger partial charge in [0.05, 0.1) is 6.20 Å². The zero-order valence-electron chi connectivity index (χ0n) is 12.6. The zero-order chi connectivity index (χ0) is 16.4. The van der Waals surface area contributed by atoms with E-state index < -0.39 is 11.6 Å². The van der Waals surface area contributed by atoms with E-state index in [2.05, 4.69) is 5.16 Å². The van der Waals surface area contributed by atoms with Crippen LogP contribution in [-0.4, -0.2) is 34.8 Å². The van der Waals surface area contributed by atoms with Crippen molar-refractivity contribution >= 4 is 17.7 Å². The molecule has 1 fully saturated rings. The van der Waals surface area contributed by atoms with Crippen molar-refractivity contribution in [1.29, 1.82) is 0 Å². The van der Waals surface area contributed by atoms with Crippen LogP contribution >= 0.6 is 11.8 Å². The number of aromatic nitrogens is 1. The average molecular weight is 338 g/mol. The number of hydrogen-bond acceptors (Lipinski definition) is 4. The summed E-state index contributed by atoms with van der Waals surface area (Å²) in [6.07, 6.45) is 1.99. The van der Waals surface area contributed by atoms with Gasteiger partial charge in [0.1, 0.15) is 23.0 Å². The molecule has 0 bridgehead atoms. The van der Waals surface area contributed by atoms with Crippen LogP contribution < -0.4 is 0 Å². The Morgan fingerprint density at radius 1 is 1.39 bits per heavy atom. The Kier molecular flexibility index (Phi) is 4.66. The molecular weight excluding hydrogens is 322 g/mol. The molecular formula is C16H16F2N2O2S. The number of benzene rings is 1. The van der Waals surface area contributed by atoms with Gasteiger partial charge in [-0.05, 0) is 31.5 Å². The van der Waals surface area contributed by atoms with Gasteiger partial charge in [-0.1, -0.05) is 5.16 Å². The maximum absolute atomic E-state index is 13.9. The second kappa shape index (κ2) is 6.70. The first-order valence-corrected chi connectivity index (χ1v) is 8.38. The summed E-state index contributed by atoms with van der Waals surface area (Å²) in [6, 6.07) is 3.51. The van der Waals surface area contributed by atoms with E-state index in [-0.39, 0.29) is 11.2 Å². The lowest BCUT2D eigenvalue weighted by Gasteiger charge is -2.19. The number of carbonyl (C=O) groups excluding carboxylic acids is 1. The van der Waals surface area contributed by atoms with Crippen LogP contribution in [0.4, 0.5) is 8.78 Å². The predicted octanol–water partition coefficient (Wildman–Crippen LogP) is 3.58. The first-order valence-electron chi connectivity index (χ1n) is 7.33. The van der Waals surface area contributed by atoms with Crippen molar-refractivity contribution in [1.82, 2.24) is 10.1 Å². The molecule has 3 rings (SSSR count). The SMILES string of the molecule is Cc1oncc1C(=O)N1CCS[C@@H](c2cc(F)ccc2F)CC1. The van der Waals surface area contributed by atoms with E-state index in [4.69, 9.17) is 4.52 Å². The molecule has 0 radical (unpaired) electrons. The maximum Gasteiger partial charge on any atom is 0.259 e. The van der Waals surface area contributed by atoms with Crippen LogP contribution in [-0.2, 0) is 0 Å². The maximum atomic E-state index is 13.9. The fourth-order valence-corrected chi connectivity index (χ4v) is 3.90. The lowest BCUT2D eigenvalue weighted by Crippen LogP contribution is -2.33. The molecule has 1 saturated heterocycles. The first kappa shape index (κ1) is 16.0. The lowest BCUT2D eigenvalue weighted by molar-refractivity contribution is 0.0765. The minimum absolute atomic E-state index is 0.135. The molecule has 1 aliphatic heterocycles. The summed E-state index contributed by atoms with van der Waals surface area (Å²) >= 11 is 1.54. The second-order valence-electron chi connectivity index (χ2n) is 5.40. The number of aryl methyl sites for hydroxylation is 1. The summed E-state index contributed by atoms with van der Waals surface area (Å²) in [4.78, 5) is 14.2. The molecule has 0 N–H and O–H groups in total. The van der Waals surface area contributed by atoms with Gasteiger partial charge >= 0.3 is 0 Å². The number of thioether (sulfide) groups is 1. The molecule has 1 atom stereocenters. The van der Waals surface area contributed by atoms with Crippen molar-refractivity contribution in [2.45, 2.75) is 18.6 Å². The molecule has 0 saturated carbocycles. The van der Waals surface area contributed by atoms with Crippen molar-refractivity contribution in [3.63, 3.8) is 0 Å². The standard InChI is InChI=1S/C16H16F2N2O2S/c1-10-13(9-19-22-10)16(21)20-5-4-15(23-7-6-20)12-8-11(17)2-3-14(12)18/h2-3,8-9,15H,4-7H2,1H3/t15-/m1/s1. The molecule has 23 heavy (non-hydrogen) atoms. The highest BCUT2D eigenvalue weighted by Crippen LogP contribution is 2.36. The highest BCUT2D eigenvalue weighted by atomic mass is 32.2. The van der Waals surface area contributed by atoms with Crippen LogP contribution in [0.5, 0.6) is 0 Å². The molecule has 0 unspecified atom stereocenters. The van der Waals surface area contributed by atoms with Gasteiger partial charge < -0.3 is 9.42 Å². The van der Waals surface area contributed by atoms with E-state index >= 15 is 0 Å². The monoisotopic (exact) mass is 338 g/mol. The Labute approximate surface area is 136 Å². The minimum Gasteiger partial charge on any atom is -0.361 e. The third-order valence-electron chi connectivity index (χ3n) is 3.91. The van der Waals surface area contributed by atoms with E-state index in [9.17, 15) is 13.6 Å². The van der Waals surface area contributed by atoms with E-state index in [1.54, 1.807) is 23.6 Å². The third-order valence-corrected chi connectivity index (χ3v) is 5.23. The van der Waals surface area contributed by atoms with Gasteiger partial charge in [-0.25, -0.2) is 8.78 Å². The summed E-state index contributed by atoms with van der Waals surface area (Å²) in [5.41, 5.74) is 0.816. The fourth-order valence-electron chi connectivity index (χ4n) is 2.66. The quantitative estimate of drug-likeness (QED) is 0.840. The molecule has 1 aromatic carbocycles. The Morgan fingerprint density at radius 3 is 2.96 bits per heavy atom. The molecule has 2 heterocycles. The first-order chi connectivity index (χ1) is 11.1. The van der Waals surface area contributed by atoms with Crippen LogP contribution in [0.3, 0.4) is 0 Å². The number of rotatable bonds is 2. The number of hydrogen-bond donors (Lipinski definition) is 0. The molecule has 1 amide bonds. The fraction of sp³-hybridized carbons (Fsp3) is 0.375. The predicted molar refractivity (Wildman–Crippen MR) is 83.3 cm³/mol. The number of halogens is 2. The van der Waals surface area contributed by atoms with Gasteiger partial charge in [-0.15, -0.1) is 0 Å². The van der Waals surface area contributed by atoms with Crippen molar-refractivity contribution < 1.29 is 18.1 Å². The highest BCUT2D eigenvalue weighted by molar-refractivity contribution is 7.99. The molecule has 2 aromatic rings. The van der Waals surface area contributed by atoms with E-state index in [0.717, 1.165) is 12.1 Å². The Bertz CT molecular complexity index is 720. The molecule has 0 aliphatic carbocycles. The number of amides is 1. The van der Waals surface area contributed by atoms with Crippen molar-refractivity contribution in [3.8, 4) is 0 Å². The van der Waals surface area contributed by atoms with Crippen molar-refractivity contribution in [2.24, 2.45) is 0 Å². The van der Waals surface area contributed by atoms with Gasteiger partial charge in [0.2, 0.25) is 0 Å². The highest BCUT2D eigenvalue weighted by Gasteiger charge is 2.26. The molecule has 4 nitrogen and oxygen atoms in total. The van der Waals surface area contributed by atoms with Gasteiger partial charge in [-0.2, -0.15) is 11.8 Å². The van der Waals surface area contributed by atoms with Gasteiger partial charge in [0.25, 0.3) is 5.91 Å². The lowest BCUT2D eigenvalue weighted by atomic mass is 10.1. The second-order valence-corrected chi connectivity index (χ2v) is 6.71. The van der Waals surface area contributed by atoms with Gasteiger partial charge in [0, 0.05) is 29.7 Å². The van der Waals surface area contributed by atoms with Gasteiger partial charge in [-0.3, -0.25) is 4.79 Å². The van der Waals surface area contributed by atoms with Crippen molar-refractivity contribution in [2.75, 3.05) is 18.8 Å². The Balaban J connectivity index is 1.73. The van der Waals surface area contributed by atoms with Crippen molar-refractivity contribution in [3.05, 3.63) is 52.9 Å². The Morgan fingerprint density at radius 2 is 2.22 bits per heavy atom.